The van der Waals surface area contributed by atoms with E-state index in [1.165, 1.54) is 41.3 Å². The molecule has 1 amide bonds. The molecule has 1 aliphatic carbocycles. The monoisotopic (exact) mass is 385 g/mol. The standard InChI is InChI=1S/C20H20FN3O4/c21-13-5-7-14(8-6-13)24-18(25)10-9-15(22-24)19(26)23-16-4-2-1-3-12(16)11-17(23)20(27)28/h5-10,12,16-17H,1-4,11H2,(H,27,28)/t12-,16+,17+/m1/s1. The fraction of sp³-hybridized carbons (Fsp3) is 0.400. The second-order valence-electron chi connectivity index (χ2n) is 7.36. The van der Waals surface area contributed by atoms with Gasteiger partial charge < -0.3 is 10.0 Å². The maximum absolute atomic E-state index is 13.2. The van der Waals surface area contributed by atoms with Gasteiger partial charge in [-0.3, -0.25) is 9.59 Å². The molecule has 2 heterocycles. The molecule has 1 aromatic heterocycles. The van der Waals surface area contributed by atoms with Crippen LogP contribution in [0.25, 0.3) is 5.69 Å². The number of carboxylic acids is 1. The molecule has 2 fully saturated rings. The molecule has 1 N–H and O–H groups in total. The Kier molecular flexibility index (Phi) is 4.70. The number of hydrogen-bond acceptors (Lipinski definition) is 4. The number of fused-ring (bicyclic) bond motifs is 1. The lowest BCUT2D eigenvalue weighted by Gasteiger charge is -2.32. The Morgan fingerprint density at radius 3 is 2.50 bits per heavy atom. The molecule has 2 aromatic rings. The summed E-state index contributed by atoms with van der Waals surface area (Å²) in [5.41, 5.74) is -0.135. The van der Waals surface area contributed by atoms with Gasteiger partial charge in [-0.2, -0.15) is 9.78 Å². The van der Waals surface area contributed by atoms with Crippen molar-refractivity contribution in [2.45, 2.75) is 44.2 Å². The van der Waals surface area contributed by atoms with Crippen LogP contribution in [0.5, 0.6) is 0 Å². The molecule has 1 aromatic carbocycles. The first kappa shape index (κ1) is 18.3. The van der Waals surface area contributed by atoms with Gasteiger partial charge in [0.05, 0.1) is 5.69 Å². The van der Waals surface area contributed by atoms with Gasteiger partial charge in [0.25, 0.3) is 11.5 Å². The minimum Gasteiger partial charge on any atom is -0.480 e. The molecule has 3 atom stereocenters. The lowest BCUT2D eigenvalue weighted by molar-refractivity contribution is -0.141. The van der Waals surface area contributed by atoms with Crippen LogP contribution in [0, 0.1) is 11.7 Å². The average Bonchev–Trinajstić information content (AvgIpc) is 3.08. The molecular weight excluding hydrogens is 365 g/mol. The number of carbonyl (C=O) groups excluding carboxylic acids is 1. The molecule has 1 saturated heterocycles. The molecule has 146 valence electrons. The number of carbonyl (C=O) groups is 2. The molecular formula is C20H20FN3O4. The highest BCUT2D eigenvalue weighted by Gasteiger charge is 2.48. The Balaban J connectivity index is 1.71. The quantitative estimate of drug-likeness (QED) is 0.875. The summed E-state index contributed by atoms with van der Waals surface area (Å²) >= 11 is 0. The molecule has 0 bridgehead atoms. The van der Waals surface area contributed by atoms with Gasteiger partial charge in [-0.05, 0) is 55.5 Å². The molecule has 0 radical (unpaired) electrons. The zero-order chi connectivity index (χ0) is 19.8. The van der Waals surface area contributed by atoms with Crippen molar-refractivity contribution in [3.8, 4) is 5.69 Å². The van der Waals surface area contributed by atoms with Crippen molar-refractivity contribution in [3.63, 3.8) is 0 Å². The second-order valence-corrected chi connectivity index (χ2v) is 7.36. The summed E-state index contributed by atoms with van der Waals surface area (Å²) in [5, 5.41) is 13.8. The minimum atomic E-state index is -1.02. The molecule has 0 spiro atoms. The van der Waals surface area contributed by atoms with E-state index in [-0.39, 0.29) is 17.7 Å². The lowest BCUT2D eigenvalue weighted by Crippen LogP contribution is -2.46. The Morgan fingerprint density at radius 1 is 1.07 bits per heavy atom. The average molecular weight is 385 g/mol. The first-order chi connectivity index (χ1) is 13.5. The maximum atomic E-state index is 13.2. The lowest BCUT2D eigenvalue weighted by atomic mass is 9.84. The molecule has 1 aliphatic heterocycles. The molecule has 1 saturated carbocycles. The number of aliphatic carboxylic acids is 1. The summed E-state index contributed by atoms with van der Waals surface area (Å²) in [5.74, 6) is -1.78. The van der Waals surface area contributed by atoms with Gasteiger partial charge in [0, 0.05) is 12.1 Å². The fourth-order valence-corrected chi connectivity index (χ4v) is 4.40. The van der Waals surface area contributed by atoms with Crippen LogP contribution in [0.1, 0.15) is 42.6 Å². The number of aromatic nitrogens is 2. The van der Waals surface area contributed by atoms with Gasteiger partial charge in [-0.1, -0.05) is 12.8 Å². The highest BCUT2D eigenvalue weighted by atomic mass is 19.1. The van der Waals surface area contributed by atoms with Crippen LogP contribution in [0.3, 0.4) is 0 Å². The van der Waals surface area contributed by atoms with Gasteiger partial charge in [-0.25, -0.2) is 9.18 Å². The van der Waals surface area contributed by atoms with Crippen molar-refractivity contribution < 1.29 is 19.1 Å². The van der Waals surface area contributed by atoms with E-state index in [0.717, 1.165) is 30.4 Å². The summed E-state index contributed by atoms with van der Waals surface area (Å²) in [4.78, 5) is 38.6. The molecule has 28 heavy (non-hydrogen) atoms. The zero-order valence-corrected chi connectivity index (χ0v) is 15.1. The van der Waals surface area contributed by atoms with E-state index >= 15 is 0 Å². The summed E-state index contributed by atoms with van der Waals surface area (Å²) in [6.45, 7) is 0. The summed E-state index contributed by atoms with van der Waals surface area (Å²) < 4.78 is 14.2. The number of rotatable bonds is 3. The first-order valence-electron chi connectivity index (χ1n) is 9.37. The Hall–Kier alpha value is -3.03. The molecule has 2 aliphatic rings. The number of amides is 1. The summed E-state index contributed by atoms with van der Waals surface area (Å²) in [6.07, 6.45) is 4.14. The smallest absolute Gasteiger partial charge is 0.326 e. The van der Waals surface area contributed by atoms with Crippen LogP contribution >= 0.6 is 0 Å². The number of likely N-dealkylation sites (tertiary alicyclic amines) is 1. The van der Waals surface area contributed by atoms with Crippen LogP contribution in [-0.2, 0) is 4.79 Å². The van der Waals surface area contributed by atoms with Crippen molar-refractivity contribution >= 4 is 11.9 Å². The summed E-state index contributed by atoms with van der Waals surface area (Å²) in [7, 11) is 0. The second kappa shape index (κ2) is 7.18. The van der Waals surface area contributed by atoms with Crippen molar-refractivity contribution in [2.24, 2.45) is 5.92 Å². The number of halogens is 1. The van der Waals surface area contributed by atoms with Crippen LogP contribution in [-0.4, -0.2) is 43.7 Å². The van der Waals surface area contributed by atoms with Gasteiger partial charge >= 0.3 is 5.97 Å². The van der Waals surface area contributed by atoms with Gasteiger partial charge in [0.1, 0.15) is 17.6 Å². The Labute approximate surface area is 160 Å². The third-order valence-corrected chi connectivity index (χ3v) is 5.70. The number of benzene rings is 1. The largest absolute Gasteiger partial charge is 0.480 e. The van der Waals surface area contributed by atoms with Crippen molar-refractivity contribution in [3.05, 3.63) is 58.3 Å². The number of nitrogens with zero attached hydrogens (tertiary/aromatic N) is 3. The van der Waals surface area contributed by atoms with Crippen LogP contribution in [0.15, 0.2) is 41.2 Å². The molecule has 7 nitrogen and oxygen atoms in total. The van der Waals surface area contributed by atoms with Crippen molar-refractivity contribution in [1.29, 1.82) is 0 Å². The van der Waals surface area contributed by atoms with E-state index in [1.54, 1.807) is 0 Å². The van der Waals surface area contributed by atoms with E-state index in [0.29, 0.717) is 12.1 Å². The third kappa shape index (κ3) is 3.19. The van der Waals surface area contributed by atoms with E-state index in [1.807, 2.05) is 0 Å². The van der Waals surface area contributed by atoms with Crippen LogP contribution in [0.2, 0.25) is 0 Å². The number of carboxylic acid groups (broad SMARTS) is 1. The van der Waals surface area contributed by atoms with Gasteiger partial charge in [0.15, 0.2) is 0 Å². The predicted octanol–water partition coefficient (Wildman–Crippen LogP) is 2.23. The number of hydrogen-bond donors (Lipinski definition) is 1. The third-order valence-electron chi connectivity index (χ3n) is 5.70. The summed E-state index contributed by atoms with van der Waals surface area (Å²) in [6, 6.07) is 6.73. The highest BCUT2D eigenvalue weighted by molar-refractivity contribution is 5.95. The molecule has 4 rings (SSSR count). The normalized spacial score (nSPS) is 24.0. The SMILES string of the molecule is O=C(O)[C@@H]1C[C@H]2CCCC[C@@H]2N1C(=O)c1ccc(=O)n(-c2ccc(F)cc2)n1. The van der Waals surface area contributed by atoms with E-state index in [9.17, 15) is 23.9 Å². The van der Waals surface area contributed by atoms with Crippen molar-refractivity contribution in [1.82, 2.24) is 14.7 Å². The van der Waals surface area contributed by atoms with Crippen molar-refractivity contribution in [2.75, 3.05) is 0 Å². The zero-order valence-electron chi connectivity index (χ0n) is 15.1. The van der Waals surface area contributed by atoms with Gasteiger partial charge in [0.2, 0.25) is 0 Å². The van der Waals surface area contributed by atoms with Gasteiger partial charge in [-0.15, -0.1) is 0 Å². The van der Waals surface area contributed by atoms with E-state index in [2.05, 4.69) is 5.10 Å². The predicted molar refractivity (Wildman–Crippen MR) is 97.7 cm³/mol. The van der Waals surface area contributed by atoms with Crippen LogP contribution < -0.4 is 5.56 Å². The van der Waals surface area contributed by atoms with E-state index < -0.39 is 29.3 Å². The Bertz CT molecular complexity index is 972. The Morgan fingerprint density at radius 2 is 1.79 bits per heavy atom. The fourth-order valence-electron chi connectivity index (χ4n) is 4.40. The molecule has 8 heteroatoms. The minimum absolute atomic E-state index is 0.00129. The topological polar surface area (TPSA) is 92.5 Å². The highest BCUT2D eigenvalue weighted by Crippen LogP contribution is 2.40. The first-order valence-corrected chi connectivity index (χ1v) is 9.37. The van der Waals surface area contributed by atoms with E-state index in [4.69, 9.17) is 0 Å². The molecule has 0 unspecified atom stereocenters. The van der Waals surface area contributed by atoms with Crippen LogP contribution in [0.4, 0.5) is 4.39 Å². The maximum Gasteiger partial charge on any atom is 0.326 e.